The van der Waals surface area contributed by atoms with Gasteiger partial charge in [-0.1, -0.05) is 42.5 Å². The van der Waals surface area contributed by atoms with E-state index in [0.717, 1.165) is 22.4 Å². The molecule has 0 amide bonds. The number of aromatic nitrogens is 3. The van der Waals surface area contributed by atoms with E-state index in [1.165, 1.54) is 4.31 Å². The van der Waals surface area contributed by atoms with Crippen molar-refractivity contribution < 1.29 is 23.1 Å². The molecule has 3 atom stereocenters. The zero-order valence-electron chi connectivity index (χ0n) is 21.7. The standard InChI is InChI=1S/C27H34N4O5S/c1-5-30-17-24(28-29-30)19(3)12-22(14-27(32)33)21-11-10-18(2)23(13-21)16-31-15-20(4)36-25-8-6-7-9-26(25)37(31,34)35/h6-11,13,17,19-20,22H,5,12,14-16H2,1-4H3,(H,32,33). The van der Waals surface area contributed by atoms with Gasteiger partial charge in [-0.15, -0.1) is 5.10 Å². The number of sulfonamides is 1. The first-order chi connectivity index (χ1) is 17.6. The van der Waals surface area contributed by atoms with Crippen LogP contribution >= 0.6 is 0 Å². The van der Waals surface area contributed by atoms with Gasteiger partial charge in [-0.25, -0.2) is 8.42 Å². The van der Waals surface area contributed by atoms with Crippen LogP contribution in [0.25, 0.3) is 0 Å². The van der Waals surface area contributed by atoms with Crippen molar-refractivity contribution in [1.82, 2.24) is 19.3 Å². The van der Waals surface area contributed by atoms with Crippen LogP contribution in [-0.4, -0.2) is 51.4 Å². The predicted octanol–water partition coefficient (Wildman–Crippen LogP) is 4.33. The molecule has 1 N–H and O–H groups in total. The molecule has 0 saturated carbocycles. The molecule has 198 valence electrons. The topological polar surface area (TPSA) is 115 Å². The molecule has 3 aromatic rings. The van der Waals surface area contributed by atoms with Crippen LogP contribution in [0.15, 0.2) is 53.6 Å². The third-order valence-electron chi connectivity index (χ3n) is 6.89. The molecule has 0 radical (unpaired) electrons. The highest BCUT2D eigenvalue weighted by atomic mass is 32.2. The van der Waals surface area contributed by atoms with Crippen LogP contribution < -0.4 is 4.74 Å². The van der Waals surface area contributed by atoms with Crippen LogP contribution in [0.2, 0.25) is 0 Å². The fourth-order valence-electron chi connectivity index (χ4n) is 4.78. The summed E-state index contributed by atoms with van der Waals surface area (Å²) in [4.78, 5) is 11.9. The average molecular weight is 527 g/mol. The van der Waals surface area contributed by atoms with Crippen LogP contribution in [0.3, 0.4) is 0 Å². The first-order valence-corrected chi connectivity index (χ1v) is 14.0. The molecule has 4 rings (SSSR count). The second kappa shape index (κ2) is 11.0. The molecule has 9 nitrogen and oxygen atoms in total. The number of fused-ring (bicyclic) bond motifs is 1. The number of hydrogen-bond acceptors (Lipinski definition) is 6. The molecule has 1 aliphatic heterocycles. The minimum absolute atomic E-state index is 0.00916. The van der Waals surface area contributed by atoms with E-state index in [9.17, 15) is 18.3 Å². The number of hydrogen-bond donors (Lipinski definition) is 1. The maximum absolute atomic E-state index is 13.5. The Kier molecular flexibility index (Phi) is 7.99. The van der Waals surface area contributed by atoms with Crippen molar-refractivity contribution >= 4 is 16.0 Å². The first-order valence-electron chi connectivity index (χ1n) is 12.6. The summed E-state index contributed by atoms with van der Waals surface area (Å²) in [5.74, 6) is -0.773. The number of carboxylic acids is 1. The van der Waals surface area contributed by atoms with E-state index in [-0.39, 0.29) is 42.3 Å². The average Bonchev–Trinajstić information content (AvgIpc) is 3.31. The smallest absolute Gasteiger partial charge is 0.303 e. The molecular formula is C27H34N4O5S. The van der Waals surface area contributed by atoms with Crippen molar-refractivity contribution in [3.63, 3.8) is 0 Å². The lowest BCUT2D eigenvalue weighted by Gasteiger charge is -2.24. The summed E-state index contributed by atoms with van der Waals surface area (Å²) < 4.78 is 36.2. The largest absolute Gasteiger partial charge is 0.488 e. The second-order valence-corrected chi connectivity index (χ2v) is 11.7. The zero-order valence-corrected chi connectivity index (χ0v) is 22.5. The molecule has 2 heterocycles. The molecule has 0 fully saturated rings. The Balaban J connectivity index is 1.63. The Morgan fingerprint density at radius 3 is 2.70 bits per heavy atom. The van der Waals surface area contributed by atoms with Crippen LogP contribution in [0, 0.1) is 6.92 Å². The molecule has 0 saturated heterocycles. The maximum Gasteiger partial charge on any atom is 0.303 e. The van der Waals surface area contributed by atoms with Crippen LogP contribution in [0.5, 0.6) is 5.75 Å². The van der Waals surface area contributed by atoms with E-state index in [4.69, 9.17) is 4.74 Å². The third-order valence-corrected chi connectivity index (χ3v) is 8.74. The van der Waals surface area contributed by atoms with Gasteiger partial charge in [0, 0.05) is 25.2 Å². The number of aryl methyl sites for hydroxylation is 2. The zero-order chi connectivity index (χ0) is 26.7. The number of carboxylic acid groups (broad SMARTS) is 1. The molecule has 2 aromatic carbocycles. The van der Waals surface area contributed by atoms with E-state index in [2.05, 4.69) is 10.3 Å². The van der Waals surface area contributed by atoms with Gasteiger partial charge in [0.05, 0.1) is 18.7 Å². The molecule has 0 aliphatic carbocycles. The number of carbonyl (C=O) groups is 1. The van der Waals surface area contributed by atoms with Gasteiger partial charge in [-0.2, -0.15) is 4.31 Å². The van der Waals surface area contributed by atoms with Crippen LogP contribution in [0.1, 0.15) is 67.8 Å². The number of nitrogens with zero attached hydrogens (tertiary/aromatic N) is 4. The second-order valence-electron chi connectivity index (χ2n) is 9.79. The molecule has 3 unspecified atom stereocenters. The summed E-state index contributed by atoms with van der Waals surface area (Å²) in [7, 11) is -3.78. The number of aliphatic carboxylic acids is 1. The van der Waals surface area contributed by atoms with Crippen molar-refractivity contribution in [3.8, 4) is 5.75 Å². The van der Waals surface area contributed by atoms with Crippen LogP contribution in [-0.2, 0) is 27.9 Å². The fraction of sp³-hybridized carbons (Fsp3) is 0.444. The van der Waals surface area contributed by atoms with Gasteiger partial charge in [0.15, 0.2) is 0 Å². The van der Waals surface area contributed by atoms with Gasteiger partial charge in [-0.05, 0) is 61.9 Å². The maximum atomic E-state index is 13.5. The van der Waals surface area contributed by atoms with Crippen molar-refractivity contribution in [2.24, 2.45) is 0 Å². The Morgan fingerprint density at radius 2 is 2.00 bits per heavy atom. The van der Waals surface area contributed by atoms with E-state index >= 15 is 0 Å². The normalized spacial score (nSPS) is 18.9. The lowest BCUT2D eigenvalue weighted by atomic mass is 9.85. The Labute approximate surface area is 218 Å². The highest BCUT2D eigenvalue weighted by Gasteiger charge is 2.33. The molecule has 1 aliphatic rings. The van der Waals surface area contributed by atoms with E-state index in [1.54, 1.807) is 28.9 Å². The summed E-state index contributed by atoms with van der Waals surface area (Å²) in [5, 5.41) is 18.0. The monoisotopic (exact) mass is 526 g/mol. The first kappa shape index (κ1) is 26.8. The van der Waals surface area contributed by atoms with Gasteiger partial charge in [0.1, 0.15) is 16.7 Å². The highest BCUT2D eigenvalue weighted by molar-refractivity contribution is 7.89. The van der Waals surface area contributed by atoms with Crippen molar-refractivity contribution in [1.29, 1.82) is 0 Å². The van der Waals surface area contributed by atoms with Crippen LogP contribution in [0.4, 0.5) is 0 Å². The Morgan fingerprint density at radius 1 is 1.24 bits per heavy atom. The fourth-order valence-corrected chi connectivity index (χ4v) is 6.40. The Bertz CT molecular complexity index is 1370. The minimum atomic E-state index is -3.78. The predicted molar refractivity (Wildman–Crippen MR) is 139 cm³/mol. The summed E-state index contributed by atoms with van der Waals surface area (Å²) >= 11 is 0. The van der Waals surface area contributed by atoms with Gasteiger partial charge >= 0.3 is 5.97 Å². The molecule has 0 bridgehead atoms. The summed E-state index contributed by atoms with van der Waals surface area (Å²) in [6, 6.07) is 12.5. The summed E-state index contributed by atoms with van der Waals surface area (Å²) in [6.45, 7) is 8.90. The van der Waals surface area contributed by atoms with Gasteiger partial charge in [0.2, 0.25) is 10.0 Å². The third kappa shape index (κ3) is 6.02. The van der Waals surface area contributed by atoms with E-state index in [1.807, 2.05) is 52.1 Å². The Hall–Kier alpha value is -3.24. The lowest BCUT2D eigenvalue weighted by molar-refractivity contribution is -0.137. The van der Waals surface area contributed by atoms with E-state index in [0.29, 0.717) is 18.7 Å². The van der Waals surface area contributed by atoms with Gasteiger partial charge in [0.25, 0.3) is 0 Å². The number of rotatable bonds is 9. The molecule has 1 aromatic heterocycles. The van der Waals surface area contributed by atoms with Gasteiger partial charge in [-0.3, -0.25) is 9.48 Å². The van der Waals surface area contributed by atoms with Crippen molar-refractivity contribution in [2.45, 2.75) is 76.5 Å². The number of para-hydroxylation sites is 1. The number of ether oxygens (including phenoxy) is 1. The quantitative estimate of drug-likeness (QED) is 0.441. The molecule has 10 heteroatoms. The summed E-state index contributed by atoms with van der Waals surface area (Å²) in [5.41, 5.74) is 3.48. The minimum Gasteiger partial charge on any atom is -0.488 e. The van der Waals surface area contributed by atoms with Crippen molar-refractivity contribution in [2.75, 3.05) is 6.54 Å². The highest BCUT2D eigenvalue weighted by Crippen LogP contribution is 2.35. The molecular weight excluding hydrogens is 492 g/mol. The molecule has 0 spiro atoms. The molecule has 37 heavy (non-hydrogen) atoms. The SMILES string of the molecule is CCn1cc(C(C)CC(CC(=O)O)c2ccc(C)c(CN3CC(C)Oc4ccccc4S3(=O)=O)c2)nn1. The summed E-state index contributed by atoms with van der Waals surface area (Å²) in [6.07, 6.45) is 2.12. The lowest BCUT2D eigenvalue weighted by Crippen LogP contribution is -2.35. The van der Waals surface area contributed by atoms with Crippen molar-refractivity contribution in [3.05, 3.63) is 71.0 Å². The van der Waals surface area contributed by atoms with E-state index < -0.39 is 16.0 Å². The van der Waals surface area contributed by atoms with Gasteiger partial charge < -0.3 is 9.84 Å². The number of benzene rings is 2.